The highest BCUT2D eigenvalue weighted by Crippen LogP contribution is 1.77. The highest BCUT2D eigenvalue weighted by molar-refractivity contribution is 7.80. The molecule has 6 heavy (non-hydrogen) atoms. The lowest BCUT2D eigenvalue weighted by Gasteiger charge is -1.73. The van der Waals surface area contributed by atoms with Crippen LogP contribution in [0.3, 0.4) is 0 Å². The molecular weight excluding hydrogens is 108 g/mol. The van der Waals surface area contributed by atoms with Crippen molar-refractivity contribution in [1.82, 2.24) is 0 Å². The molecule has 0 saturated heterocycles. The standard InChI is InChI=1S/CH2O4S/c1-5-6(2,3)4/h1H2/p+1. The predicted molar refractivity (Wildman–Crippen MR) is 18.0 cm³/mol. The molecule has 1 N–H and O–H groups in total. The maximum Gasteiger partial charge on any atom is 0.435 e. The van der Waals surface area contributed by atoms with Crippen molar-refractivity contribution in [2.75, 3.05) is 0 Å². The van der Waals surface area contributed by atoms with Gasteiger partial charge in [0, 0.05) is 0 Å². The van der Waals surface area contributed by atoms with Gasteiger partial charge in [0.2, 0.25) is 7.11 Å². The lowest BCUT2D eigenvalue weighted by atomic mass is 11.8. The van der Waals surface area contributed by atoms with Gasteiger partial charge in [-0.2, -0.15) is 8.42 Å². The van der Waals surface area contributed by atoms with Crippen LogP contribution in [0.25, 0.3) is 0 Å². The van der Waals surface area contributed by atoms with Gasteiger partial charge in [-0.25, -0.2) is 0 Å². The van der Waals surface area contributed by atoms with Crippen molar-refractivity contribution < 1.29 is 17.2 Å². The Balaban J connectivity index is 3.85. The second kappa shape index (κ2) is 1.46. The van der Waals surface area contributed by atoms with E-state index in [0.717, 1.165) is 0 Å². The van der Waals surface area contributed by atoms with Crippen LogP contribution in [0.4, 0.5) is 0 Å². The molecule has 0 aliphatic heterocycles. The second-order valence-electron chi connectivity index (χ2n) is 0.546. The molecule has 0 aliphatic rings. The smallest absolute Gasteiger partial charge is 0.261 e. The molecule has 0 rings (SSSR count). The second-order valence-corrected chi connectivity index (χ2v) is 1.64. The zero-order valence-corrected chi connectivity index (χ0v) is 3.60. The fourth-order valence-corrected chi connectivity index (χ4v) is 0. The summed E-state index contributed by atoms with van der Waals surface area (Å²) in [6.45, 7) is 0. The average Bonchev–Trinajstić information content (AvgIpc) is 1.35. The van der Waals surface area contributed by atoms with Gasteiger partial charge in [-0.15, -0.1) is 0 Å². The number of hydrogen-bond acceptors (Lipinski definition) is 3. The van der Waals surface area contributed by atoms with Crippen molar-refractivity contribution in [2.24, 2.45) is 0 Å². The summed E-state index contributed by atoms with van der Waals surface area (Å²) in [5.41, 5.74) is 0. The van der Waals surface area contributed by atoms with Gasteiger partial charge in [0.1, 0.15) is 0 Å². The van der Waals surface area contributed by atoms with Crippen LogP contribution in [-0.2, 0) is 14.6 Å². The summed E-state index contributed by atoms with van der Waals surface area (Å²) in [7, 11) is -1.85. The van der Waals surface area contributed by atoms with Crippen molar-refractivity contribution in [3.05, 3.63) is 7.11 Å². The third kappa shape index (κ3) is 3.74. The minimum absolute atomic E-state index is 2.42. The molecule has 36 valence electrons. The molecule has 0 spiro atoms. The molecule has 0 aliphatic carbocycles. The maximum absolute atomic E-state index is 9.27. The quantitative estimate of drug-likeness (QED) is 0.369. The van der Waals surface area contributed by atoms with Crippen molar-refractivity contribution >= 4 is 10.4 Å². The summed E-state index contributed by atoms with van der Waals surface area (Å²) in [5, 5.41) is 0. The van der Waals surface area contributed by atoms with Crippen molar-refractivity contribution in [2.45, 2.75) is 0 Å². The Kier molecular flexibility index (Phi) is 1.40. The minimum Gasteiger partial charge on any atom is -0.261 e. The molecule has 0 radical (unpaired) electrons. The third-order valence-electron chi connectivity index (χ3n) is 0.149. The molecule has 0 heterocycles. The largest absolute Gasteiger partial charge is 0.435 e. The monoisotopic (exact) mass is 111 g/mol. The Morgan fingerprint density at radius 1 is 1.67 bits per heavy atom. The molecule has 4 nitrogen and oxygen atoms in total. The molecule has 0 aromatic heterocycles. The van der Waals surface area contributed by atoms with Gasteiger partial charge in [0.25, 0.3) is 0 Å². The van der Waals surface area contributed by atoms with Crippen LogP contribution in [0, 0.1) is 7.11 Å². The SMILES string of the molecule is [CH2+]OS(=O)(=O)O. The van der Waals surface area contributed by atoms with E-state index in [9.17, 15) is 8.42 Å². The molecule has 0 atom stereocenters. The van der Waals surface area contributed by atoms with Gasteiger partial charge in [-0.3, -0.25) is 4.55 Å². The lowest BCUT2D eigenvalue weighted by molar-refractivity contribution is 0.352. The van der Waals surface area contributed by atoms with E-state index in [2.05, 4.69) is 11.3 Å². The normalized spacial score (nSPS) is 11.5. The third-order valence-corrected chi connectivity index (χ3v) is 0.447. The van der Waals surface area contributed by atoms with Crippen LogP contribution in [0.2, 0.25) is 0 Å². The zero-order valence-electron chi connectivity index (χ0n) is 2.79. The van der Waals surface area contributed by atoms with E-state index in [-0.39, 0.29) is 0 Å². The number of hydrogen-bond donors (Lipinski definition) is 1. The van der Waals surface area contributed by atoms with Crippen LogP contribution >= 0.6 is 0 Å². The van der Waals surface area contributed by atoms with E-state index in [0.29, 0.717) is 0 Å². The highest BCUT2D eigenvalue weighted by Gasteiger charge is 2.01. The molecule has 0 aromatic rings. The van der Waals surface area contributed by atoms with E-state index in [1.54, 1.807) is 0 Å². The van der Waals surface area contributed by atoms with Crippen molar-refractivity contribution in [1.29, 1.82) is 0 Å². The lowest BCUT2D eigenvalue weighted by Crippen LogP contribution is -1.95. The summed E-state index contributed by atoms with van der Waals surface area (Å²) >= 11 is 0. The van der Waals surface area contributed by atoms with Crippen LogP contribution in [0.1, 0.15) is 0 Å². The van der Waals surface area contributed by atoms with Gasteiger partial charge in [-0.1, -0.05) is 0 Å². The molecule has 0 amide bonds. The molecule has 0 saturated carbocycles. The first-order chi connectivity index (χ1) is 2.56. The Morgan fingerprint density at radius 2 is 1.83 bits per heavy atom. The summed E-state index contributed by atoms with van der Waals surface area (Å²) in [5.74, 6) is 0. The first-order valence-corrected chi connectivity index (χ1v) is 2.34. The van der Waals surface area contributed by atoms with E-state index < -0.39 is 10.4 Å². The molecule has 0 aromatic carbocycles. The van der Waals surface area contributed by atoms with Gasteiger partial charge in [0.05, 0.1) is 0 Å². The summed E-state index contributed by atoms with van der Waals surface area (Å²) in [6, 6.07) is 0. The molecule has 0 unspecified atom stereocenters. The van der Waals surface area contributed by atoms with Crippen LogP contribution < -0.4 is 0 Å². The van der Waals surface area contributed by atoms with Crippen LogP contribution in [-0.4, -0.2) is 13.0 Å². The van der Waals surface area contributed by atoms with Gasteiger partial charge >= 0.3 is 10.4 Å². The first-order valence-electron chi connectivity index (χ1n) is 0.971. The average molecular weight is 111 g/mol. The van der Waals surface area contributed by atoms with Crippen LogP contribution in [0.5, 0.6) is 0 Å². The first kappa shape index (κ1) is 5.74. The van der Waals surface area contributed by atoms with E-state index in [1.165, 1.54) is 0 Å². The molecule has 0 fully saturated rings. The summed E-state index contributed by atoms with van der Waals surface area (Å²) < 4.78 is 29.3. The molecular formula is CH3O4S+. The minimum atomic E-state index is -4.27. The number of rotatable bonds is 1. The Bertz CT molecular complexity index is 110. The fourth-order valence-electron chi connectivity index (χ4n) is 0. The fraction of sp³-hybridized carbons (Fsp3) is 0. The topological polar surface area (TPSA) is 63.6 Å². The van der Waals surface area contributed by atoms with E-state index >= 15 is 0 Å². The zero-order chi connectivity index (χ0) is 5.21. The van der Waals surface area contributed by atoms with Crippen molar-refractivity contribution in [3.63, 3.8) is 0 Å². The molecule has 5 heteroatoms. The Morgan fingerprint density at radius 3 is 1.83 bits per heavy atom. The summed E-state index contributed by atoms with van der Waals surface area (Å²) in [6.07, 6.45) is 0. The maximum atomic E-state index is 9.27. The molecule has 0 bridgehead atoms. The van der Waals surface area contributed by atoms with Gasteiger partial charge in [-0.05, 0) is 4.18 Å². The van der Waals surface area contributed by atoms with E-state index in [1.807, 2.05) is 0 Å². The van der Waals surface area contributed by atoms with Crippen LogP contribution in [0.15, 0.2) is 0 Å². The van der Waals surface area contributed by atoms with Gasteiger partial charge in [0.15, 0.2) is 0 Å². The predicted octanol–water partition coefficient (Wildman–Crippen LogP) is -0.403. The van der Waals surface area contributed by atoms with E-state index in [4.69, 9.17) is 4.55 Å². The van der Waals surface area contributed by atoms with Gasteiger partial charge < -0.3 is 0 Å². The Labute approximate surface area is 35.7 Å². The summed E-state index contributed by atoms with van der Waals surface area (Å²) in [4.78, 5) is 0. The Hall–Kier alpha value is -0.260. The van der Waals surface area contributed by atoms with Crippen molar-refractivity contribution in [3.8, 4) is 0 Å². The highest BCUT2D eigenvalue weighted by atomic mass is 32.3.